The summed E-state index contributed by atoms with van der Waals surface area (Å²) in [6.45, 7) is 3.56. The molecule has 4 rings (SSSR count). The lowest BCUT2D eigenvalue weighted by molar-refractivity contribution is -0.117. The van der Waals surface area contributed by atoms with Crippen molar-refractivity contribution in [3.8, 4) is 0 Å². The van der Waals surface area contributed by atoms with Crippen LogP contribution in [0.2, 0.25) is 0 Å². The summed E-state index contributed by atoms with van der Waals surface area (Å²) in [7, 11) is 0. The van der Waals surface area contributed by atoms with Crippen LogP contribution in [0.1, 0.15) is 32.0 Å². The van der Waals surface area contributed by atoms with Crippen LogP contribution in [0.25, 0.3) is 0 Å². The van der Waals surface area contributed by atoms with E-state index in [1.54, 1.807) is 49.6 Å². The first kappa shape index (κ1) is 19.5. The minimum atomic E-state index is -0.769. The van der Waals surface area contributed by atoms with Crippen molar-refractivity contribution < 1.29 is 14.7 Å². The predicted octanol–water partition coefficient (Wildman–Crippen LogP) is 4.70. The van der Waals surface area contributed by atoms with Gasteiger partial charge in [-0.2, -0.15) is 0 Å². The molecule has 0 bridgehead atoms. The van der Waals surface area contributed by atoms with E-state index in [-0.39, 0.29) is 5.57 Å². The van der Waals surface area contributed by atoms with Gasteiger partial charge in [0, 0.05) is 22.6 Å². The number of thiazole rings is 1. The van der Waals surface area contributed by atoms with E-state index in [1.807, 2.05) is 13.0 Å². The molecule has 1 N–H and O–H groups in total. The lowest BCUT2D eigenvalue weighted by Gasteiger charge is -2.27. The first-order valence-electron chi connectivity index (χ1n) is 8.79. The summed E-state index contributed by atoms with van der Waals surface area (Å²) >= 11 is 4.67. The molecule has 1 aromatic carbocycles. The fourth-order valence-electron chi connectivity index (χ4n) is 3.45. The smallest absolute Gasteiger partial charge is 0.294 e. The van der Waals surface area contributed by atoms with E-state index in [9.17, 15) is 14.7 Å². The Hall–Kier alpha value is -2.84. The van der Waals surface area contributed by atoms with Gasteiger partial charge in [0.25, 0.3) is 5.91 Å². The summed E-state index contributed by atoms with van der Waals surface area (Å²) in [6, 6.07) is 9.88. The molecule has 2 aromatic heterocycles. The number of aromatic nitrogens is 2. The van der Waals surface area contributed by atoms with Crippen LogP contribution >= 0.6 is 27.3 Å². The number of carbonyl (C=O) groups excluding carboxylic acids is 2. The van der Waals surface area contributed by atoms with E-state index in [2.05, 4.69) is 25.9 Å². The van der Waals surface area contributed by atoms with Crippen molar-refractivity contribution in [2.45, 2.75) is 19.9 Å². The fourth-order valence-corrected chi connectivity index (χ4v) is 4.72. The van der Waals surface area contributed by atoms with Crippen molar-refractivity contribution >= 4 is 44.6 Å². The zero-order valence-corrected chi connectivity index (χ0v) is 18.0. The highest BCUT2D eigenvalue weighted by Crippen LogP contribution is 2.42. The molecule has 3 heterocycles. The zero-order chi connectivity index (χ0) is 20.7. The fraction of sp³-hybridized carbons (Fsp3) is 0.143. The number of rotatable bonds is 4. The third-order valence-corrected chi connectivity index (χ3v) is 6.24. The van der Waals surface area contributed by atoms with Crippen LogP contribution in [0.5, 0.6) is 0 Å². The molecule has 1 aliphatic rings. The number of amides is 1. The number of pyridine rings is 1. The van der Waals surface area contributed by atoms with E-state index in [0.717, 1.165) is 9.48 Å². The van der Waals surface area contributed by atoms with Crippen LogP contribution in [-0.2, 0) is 4.79 Å². The highest BCUT2D eigenvalue weighted by molar-refractivity contribution is 9.10. The van der Waals surface area contributed by atoms with E-state index in [4.69, 9.17) is 0 Å². The van der Waals surface area contributed by atoms with Crippen molar-refractivity contribution in [3.63, 3.8) is 0 Å². The largest absolute Gasteiger partial charge is 0.503 e. The number of anilines is 1. The van der Waals surface area contributed by atoms with Gasteiger partial charge in [-0.15, -0.1) is 11.3 Å². The van der Waals surface area contributed by atoms with Gasteiger partial charge in [-0.1, -0.05) is 22.0 Å². The number of aliphatic hydroxyl groups excluding tert-OH is 1. The normalized spacial score (nSPS) is 16.6. The maximum atomic E-state index is 13.4. The van der Waals surface area contributed by atoms with Gasteiger partial charge in [0.2, 0.25) is 5.78 Å². The molecule has 1 atom stereocenters. The number of hydrogen-bond acceptors (Lipinski definition) is 6. The lowest BCUT2D eigenvalue weighted by atomic mass is 9.95. The molecular formula is C21H16BrN3O3S. The molecular weight excluding hydrogens is 454 g/mol. The minimum absolute atomic E-state index is 0.0490. The van der Waals surface area contributed by atoms with Crippen molar-refractivity contribution in [2.75, 3.05) is 4.90 Å². The van der Waals surface area contributed by atoms with Crippen LogP contribution < -0.4 is 4.90 Å². The molecule has 0 fully saturated rings. The van der Waals surface area contributed by atoms with Crippen LogP contribution in [-0.4, -0.2) is 26.8 Å². The first-order valence-corrected chi connectivity index (χ1v) is 10.4. The third-order valence-electron chi connectivity index (χ3n) is 4.67. The summed E-state index contributed by atoms with van der Waals surface area (Å²) in [6.07, 6.45) is 3.19. The quantitative estimate of drug-likeness (QED) is 0.559. The number of benzene rings is 1. The van der Waals surface area contributed by atoms with Gasteiger partial charge in [-0.3, -0.25) is 19.5 Å². The van der Waals surface area contributed by atoms with Gasteiger partial charge in [0.15, 0.2) is 5.76 Å². The summed E-state index contributed by atoms with van der Waals surface area (Å²) in [4.78, 5) is 36.7. The second-order valence-electron chi connectivity index (χ2n) is 6.58. The number of halogens is 1. The molecule has 3 aromatic rings. The molecule has 8 heteroatoms. The van der Waals surface area contributed by atoms with Gasteiger partial charge in [-0.25, -0.2) is 4.98 Å². The summed E-state index contributed by atoms with van der Waals surface area (Å²) < 4.78 is 0.782. The molecule has 1 unspecified atom stereocenters. The minimum Gasteiger partial charge on any atom is -0.503 e. The third kappa shape index (κ3) is 3.38. The Balaban J connectivity index is 1.90. The summed E-state index contributed by atoms with van der Waals surface area (Å²) in [5, 5.41) is 11.5. The Kier molecular flexibility index (Phi) is 5.06. The van der Waals surface area contributed by atoms with Crippen molar-refractivity contribution in [1.29, 1.82) is 0 Å². The molecule has 6 nitrogen and oxygen atoms in total. The molecule has 0 radical (unpaired) electrons. The van der Waals surface area contributed by atoms with Gasteiger partial charge in [-0.05, 0) is 49.7 Å². The lowest BCUT2D eigenvalue weighted by Crippen LogP contribution is -2.31. The van der Waals surface area contributed by atoms with Gasteiger partial charge < -0.3 is 5.11 Å². The second kappa shape index (κ2) is 7.53. The average Bonchev–Trinajstić information content (AvgIpc) is 3.18. The van der Waals surface area contributed by atoms with Gasteiger partial charge in [0.1, 0.15) is 0 Å². The number of aliphatic hydroxyl groups is 1. The number of carbonyl (C=O) groups is 2. The standard InChI is InChI=1S/C21H16BrN3O3S/c1-11-20(29-12(2)24-11)18(26)16-17(13-6-8-23-9-7-13)25(21(28)19(16)27)15-5-3-4-14(22)10-15/h3-10,17,27H,1-2H3. The van der Waals surface area contributed by atoms with E-state index < -0.39 is 23.5 Å². The maximum absolute atomic E-state index is 13.4. The number of ketones is 1. The Morgan fingerprint density at radius 1 is 1.21 bits per heavy atom. The zero-order valence-electron chi connectivity index (χ0n) is 15.6. The maximum Gasteiger partial charge on any atom is 0.294 e. The highest BCUT2D eigenvalue weighted by atomic mass is 79.9. The van der Waals surface area contributed by atoms with Crippen LogP contribution in [0.15, 0.2) is 64.6 Å². The van der Waals surface area contributed by atoms with Crippen molar-refractivity contribution in [1.82, 2.24) is 9.97 Å². The van der Waals surface area contributed by atoms with Crippen LogP contribution in [0, 0.1) is 13.8 Å². The molecule has 29 heavy (non-hydrogen) atoms. The molecule has 0 saturated carbocycles. The molecule has 1 amide bonds. The van der Waals surface area contributed by atoms with Gasteiger partial charge >= 0.3 is 0 Å². The summed E-state index contributed by atoms with van der Waals surface area (Å²) in [5.41, 5.74) is 1.88. The average molecular weight is 470 g/mol. The topological polar surface area (TPSA) is 83.4 Å². The SMILES string of the molecule is Cc1nc(C)c(C(=O)C2=C(O)C(=O)N(c3cccc(Br)c3)C2c2ccncc2)s1. The molecule has 0 aliphatic carbocycles. The number of hydrogen-bond donors (Lipinski definition) is 1. The summed E-state index contributed by atoms with van der Waals surface area (Å²) in [5.74, 6) is -1.55. The van der Waals surface area contributed by atoms with Crippen LogP contribution in [0.3, 0.4) is 0 Å². The Morgan fingerprint density at radius 2 is 1.93 bits per heavy atom. The Morgan fingerprint density at radius 3 is 2.55 bits per heavy atom. The van der Waals surface area contributed by atoms with E-state index in [1.165, 1.54) is 16.2 Å². The number of aryl methyl sites for hydroxylation is 2. The molecule has 0 saturated heterocycles. The molecule has 1 aliphatic heterocycles. The number of Topliss-reactive ketones (excluding diaryl/α,β-unsaturated/α-hetero) is 1. The molecule has 0 spiro atoms. The monoisotopic (exact) mass is 469 g/mol. The van der Waals surface area contributed by atoms with E-state index >= 15 is 0 Å². The van der Waals surface area contributed by atoms with E-state index in [0.29, 0.717) is 21.8 Å². The number of nitrogens with zero attached hydrogens (tertiary/aromatic N) is 3. The second-order valence-corrected chi connectivity index (χ2v) is 8.70. The molecule has 146 valence electrons. The highest BCUT2D eigenvalue weighted by Gasteiger charge is 2.45. The predicted molar refractivity (Wildman–Crippen MR) is 114 cm³/mol. The van der Waals surface area contributed by atoms with Gasteiger partial charge in [0.05, 0.1) is 27.2 Å². The van der Waals surface area contributed by atoms with Crippen molar-refractivity contribution in [2.24, 2.45) is 0 Å². The Labute approximate surface area is 179 Å². The first-order chi connectivity index (χ1) is 13.9. The van der Waals surface area contributed by atoms with Crippen molar-refractivity contribution in [3.05, 3.63) is 85.7 Å². The van der Waals surface area contributed by atoms with Crippen LogP contribution in [0.4, 0.5) is 5.69 Å². The Bertz CT molecular complexity index is 1160.